The maximum Gasteiger partial charge on any atom is 0.230 e. The number of hydrogen-bond donors (Lipinski definition) is 0. The third kappa shape index (κ3) is 11.8. The van der Waals surface area contributed by atoms with E-state index in [2.05, 4.69) is 13.8 Å². The van der Waals surface area contributed by atoms with Crippen molar-refractivity contribution in [1.82, 2.24) is 9.53 Å². The molecule has 0 saturated heterocycles. The summed E-state index contributed by atoms with van der Waals surface area (Å²) in [6.07, 6.45) is 6.26. The van der Waals surface area contributed by atoms with E-state index in [0.29, 0.717) is 37.6 Å². The first-order valence-corrected chi connectivity index (χ1v) is 9.10. The molecule has 0 aromatic rings. The second-order valence-electron chi connectivity index (χ2n) is 6.95. The summed E-state index contributed by atoms with van der Waals surface area (Å²) in [6.45, 7) is 7.30. The van der Waals surface area contributed by atoms with Gasteiger partial charge in [-0.3, -0.25) is 9.59 Å². The van der Waals surface area contributed by atoms with Crippen LogP contribution in [0.25, 0.3) is 0 Å². The molecule has 0 aliphatic rings. The summed E-state index contributed by atoms with van der Waals surface area (Å²) in [5, 5.41) is 0. The van der Waals surface area contributed by atoms with E-state index in [-0.39, 0.29) is 11.8 Å². The van der Waals surface area contributed by atoms with Crippen molar-refractivity contribution in [2.45, 2.75) is 72.1 Å². The Morgan fingerprint density at radius 2 is 1.33 bits per heavy atom. The molecule has 0 spiro atoms. The van der Waals surface area contributed by atoms with Crippen LogP contribution >= 0.6 is 0 Å². The predicted molar refractivity (Wildman–Crippen MR) is 102 cm³/mol. The molecular formula is C17H31B3N2O2. The van der Waals surface area contributed by atoms with Gasteiger partial charge in [-0.1, -0.05) is 33.6 Å². The van der Waals surface area contributed by atoms with Gasteiger partial charge in [-0.05, 0) is 38.1 Å². The van der Waals surface area contributed by atoms with Crippen molar-refractivity contribution in [2.75, 3.05) is 13.1 Å². The molecule has 1 amide bonds. The number of hydrogen-bond acceptors (Lipinski definition) is 3. The van der Waals surface area contributed by atoms with Gasteiger partial charge in [0.05, 0.1) is 0 Å². The Morgan fingerprint density at radius 1 is 0.792 bits per heavy atom. The predicted octanol–water partition coefficient (Wildman–Crippen LogP) is 2.35. The highest BCUT2D eigenvalue weighted by Gasteiger charge is 2.15. The number of Topliss-reactive ketones (excluding diaryl/α,β-unsaturated/α-hetero) is 1. The van der Waals surface area contributed by atoms with Crippen molar-refractivity contribution in [2.24, 2.45) is 11.8 Å². The molecule has 6 radical (unpaired) electrons. The van der Waals surface area contributed by atoms with Crippen molar-refractivity contribution < 1.29 is 9.59 Å². The number of amides is 1. The lowest BCUT2D eigenvalue weighted by Gasteiger charge is -2.18. The van der Waals surface area contributed by atoms with Crippen LogP contribution in [-0.2, 0) is 9.59 Å². The van der Waals surface area contributed by atoms with Crippen LogP contribution in [0.4, 0.5) is 0 Å². The topological polar surface area (TPSA) is 40.6 Å². The molecule has 0 heterocycles. The fourth-order valence-corrected chi connectivity index (χ4v) is 2.37. The monoisotopic (exact) mass is 328 g/mol. The molecule has 24 heavy (non-hydrogen) atoms. The van der Waals surface area contributed by atoms with Crippen molar-refractivity contribution in [3.63, 3.8) is 0 Å². The second kappa shape index (κ2) is 13.6. The number of ketones is 1. The Hall–Kier alpha value is -0.705. The summed E-state index contributed by atoms with van der Waals surface area (Å²) in [4.78, 5) is 25.1. The molecule has 130 valence electrons. The average molecular weight is 328 g/mol. The van der Waals surface area contributed by atoms with Crippen LogP contribution in [-0.4, -0.2) is 58.3 Å². The van der Waals surface area contributed by atoms with Gasteiger partial charge >= 0.3 is 0 Å². The highest BCUT2D eigenvalue weighted by Crippen LogP contribution is 2.15. The van der Waals surface area contributed by atoms with Crippen LogP contribution in [0.15, 0.2) is 0 Å². The van der Waals surface area contributed by atoms with E-state index in [1.165, 1.54) is 4.81 Å². The zero-order valence-corrected chi connectivity index (χ0v) is 15.7. The molecule has 0 fully saturated rings. The molecule has 0 aromatic carbocycles. The molecule has 0 aromatic heterocycles. The summed E-state index contributed by atoms with van der Waals surface area (Å²) in [5.41, 5.74) is 0. The van der Waals surface area contributed by atoms with E-state index in [1.54, 1.807) is 0 Å². The lowest BCUT2D eigenvalue weighted by atomic mass is 9.91. The molecule has 4 nitrogen and oxygen atoms in total. The molecule has 0 saturated carbocycles. The third-order valence-electron chi connectivity index (χ3n) is 4.46. The van der Waals surface area contributed by atoms with E-state index in [9.17, 15) is 9.59 Å². The molecular weight excluding hydrogens is 297 g/mol. The van der Waals surface area contributed by atoms with Gasteiger partial charge in [-0.25, -0.2) is 0 Å². The van der Waals surface area contributed by atoms with E-state index in [4.69, 9.17) is 23.9 Å². The second-order valence-corrected chi connectivity index (χ2v) is 6.95. The molecule has 0 N–H and O–H groups in total. The fraction of sp³-hybridized carbons (Fsp3) is 0.882. The van der Waals surface area contributed by atoms with Gasteiger partial charge in [-0.2, -0.15) is 0 Å². The van der Waals surface area contributed by atoms with Crippen LogP contribution in [0.3, 0.4) is 0 Å². The first kappa shape index (κ1) is 23.3. The molecule has 7 heteroatoms. The van der Waals surface area contributed by atoms with Gasteiger partial charge in [0.2, 0.25) is 13.9 Å². The van der Waals surface area contributed by atoms with Crippen molar-refractivity contribution in [1.29, 1.82) is 0 Å². The number of rotatable bonds is 14. The average Bonchev–Trinajstić information content (AvgIpc) is 2.52. The normalized spacial score (nSPS) is 12.5. The van der Waals surface area contributed by atoms with Crippen LogP contribution in [0.5, 0.6) is 0 Å². The zero-order chi connectivity index (χ0) is 18.5. The smallest absolute Gasteiger partial charge is 0.230 e. The van der Waals surface area contributed by atoms with Crippen molar-refractivity contribution in [3.05, 3.63) is 0 Å². The maximum atomic E-state index is 11.9. The highest BCUT2D eigenvalue weighted by atomic mass is 16.2. The van der Waals surface area contributed by atoms with Crippen LogP contribution in [0.1, 0.15) is 72.1 Å². The Morgan fingerprint density at radius 3 is 1.88 bits per heavy atom. The van der Waals surface area contributed by atoms with Gasteiger partial charge in [-0.15, -0.1) is 0 Å². The summed E-state index contributed by atoms with van der Waals surface area (Å²) in [6, 6.07) is 0. The van der Waals surface area contributed by atoms with Gasteiger partial charge in [0, 0.05) is 25.3 Å². The first-order chi connectivity index (χ1) is 11.3. The SMILES string of the molecule is [B]N([B])CCCCCC(=O)N([B])CCCCCC(=O)C(C)C(C)C. The largest absolute Gasteiger partial charge is 0.404 e. The van der Waals surface area contributed by atoms with E-state index in [0.717, 1.165) is 43.2 Å². The van der Waals surface area contributed by atoms with E-state index >= 15 is 0 Å². The van der Waals surface area contributed by atoms with Gasteiger partial charge in [0.1, 0.15) is 5.78 Å². The summed E-state index contributed by atoms with van der Waals surface area (Å²) >= 11 is 0. The van der Waals surface area contributed by atoms with Crippen molar-refractivity contribution >= 4 is 35.6 Å². The Labute approximate surface area is 152 Å². The van der Waals surface area contributed by atoms with E-state index in [1.807, 2.05) is 6.92 Å². The number of unbranched alkanes of at least 4 members (excludes halogenated alkanes) is 4. The summed E-state index contributed by atoms with van der Waals surface area (Å²) < 4.78 is 1.16. The summed E-state index contributed by atoms with van der Waals surface area (Å²) in [7, 11) is 16.4. The standard InChI is InChI=1S/C17H31B3N2O2/c1-14(2)15(3)16(23)10-6-4-8-12-21(18)17(24)11-7-5-9-13-22(19)20/h14-15H,4-13H2,1-3H3. The minimum atomic E-state index is -0.0307. The molecule has 0 aliphatic carbocycles. The first-order valence-electron chi connectivity index (χ1n) is 9.10. The molecule has 0 rings (SSSR count). The molecule has 1 atom stereocenters. The Balaban J connectivity index is 3.65. The molecule has 0 aliphatic heterocycles. The summed E-state index contributed by atoms with van der Waals surface area (Å²) in [5.74, 6) is 0.826. The minimum Gasteiger partial charge on any atom is -0.404 e. The van der Waals surface area contributed by atoms with E-state index < -0.39 is 0 Å². The van der Waals surface area contributed by atoms with Crippen LogP contribution in [0.2, 0.25) is 0 Å². The lowest BCUT2D eigenvalue weighted by molar-refractivity contribution is -0.127. The van der Waals surface area contributed by atoms with Crippen LogP contribution in [0, 0.1) is 11.8 Å². The molecule has 1 unspecified atom stereocenters. The highest BCUT2D eigenvalue weighted by molar-refractivity contribution is 6.24. The lowest BCUT2D eigenvalue weighted by Crippen LogP contribution is -2.29. The fourth-order valence-electron chi connectivity index (χ4n) is 2.37. The minimum absolute atomic E-state index is 0.0307. The van der Waals surface area contributed by atoms with Gasteiger partial charge in [0.25, 0.3) is 0 Å². The zero-order valence-electron chi connectivity index (χ0n) is 15.7. The Bertz CT molecular complexity index is 366. The third-order valence-corrected chi connectivity index (χ3v) is 4.46. The quantitative estimate of drug-likeness (QED) is 0.363. The maximum absolute atomic E-state index is 11.9. The Kier molecular flexibility index (Phi) is 13.2. The number of carbonyl (C=O) groups excluding carboxylic acids is 2. The molecule has 0 bridgehead atoms. The van der Waals surface area contributed by atoms with Crippen molar-refractivity contribution in [3.8, 4) is 0 Å². The van der Waals surface area contributed by atoms with Gasteiger partial charge < -0.3 is 9.53 Å². The number of nitrogens with zero attached hydrogens (tertiary/aromatic N) is 2. The van der Waals surface area contributed by atoms with Crippen LogP contribution < -0.4 is 0 Å². The number of carbonyl (C=O) groups is 2. The van der Waals surface area contributed by atoms with Gasteiger partial charge in [0.15, 0.2) is 16.0 Å².